The van der Waals surface area contributed by atoms with E-state index in [1.165, 1.54) is 0 Å². The van der Waals surface area contributed by atoms with Gasteiger partial charge in [-0.2, -0.15) is 0 Å². The second-order valence-corrected chi connectivity index (χ2v) is 7.90. The maximum atomic E-state index is 6.15. The molecule has 2 aromatic carbocycles. The average Bonchev–Trinajstić information content (AvgIpc) is 2.71. The summed E-state index contributed by atoms with van der Waals surface area (Å²) in [6.07, 6.45) is 0. The van der Waals surface area contributed by atoms with E-state index < -0.39 is 0 Å². The molecule has 0 radical (unpaired) electrons. The number of rotatable bonds is 9. The topological polar surface area (TPSA) is 43.0 Å². The minimum Gasteiger partial charge on any atom is -0.493 e. The van der Waals surface area contributed by atoms with Gasteiger partial charge in [0.15, 0.2) is 11.5 Å². The van der Waals surface area contributed by atoms with Crippen LogP contribution in [-0.2, 0) is 17.9 Å². The van der Waals surface area contributed by atoms with Crippen LogP contribution in [0, 0.1) is 0 Å². The Morgan fingerprint density at radius 2 is 2.04 bits per heavy atom. The molecule has 1 heterocycles. The SMILES string of the molecule is COc1ccc(Br)c(CNCCN2CCOCC2)c1OCc1cccc(Cl)c1. The lowest BCUT2D eigenvalue weighted by Crippen LogP contribution is -2.40. The highest BCUT2D eigenvalue weighted by Gasteiger charge is 2.15. The molecule has 1 fully saturated rings. The predicted octanol–water partition coefficient (Wildman–Crippen LogP) is 4.11. The summed E-state index contributed by atoms with van der Waals surface area (Å²) in [7, 11) is 1.66. The quantitative estimate of drug-likeness (QED) is 0.560. The Kier molecular flexibility index (Phi) is 8.43. The summed E-state index contributed by atoms with van der Waals surface area (Å²) in [5.41, 5.74) is 2.06. The summed E-state index contributed by atoms with van der Waals surface area (Å²) in [6.45, 7) is 6.66. The zero-order valence-corrected chi connectivity index (χ0v) is 18.4. The van der Waals surface area contributed by atoms with Gasteiger partial charge in [0.25, 0.3) is 0 Å². The molecular formula is C21H26BrClN2O3. The van der Waals surface area contributed by atoms with Crippen LogP contribution in [0.25, 0.3) is 0 Å². The van der Waals surface area contributed by atoms with Crippen LogP contribution >= 0.6 is 27.5 Å². The third-order valence-electron chi connectivity index (χ3n) is 4.67. The van der Waals surface area contributed by atoms with Crippen molar-refractivity contribution in [3.05, 3.63) is 57.0 Å². The van der Waals surface area contributed by atoms with Gasteiger partial charge in [0, 0.05) is 47.8 Å². The molecule has 0 aliphatic carbocycles. The van der Waals surface area contributed by atoms with Crippen LogP contribution in [0.5, 0.6) is 11.5 Å². The highest BCUT2D eigenvalue weighted by atomic mass is 79.9. The van der Waals surface area contributed by atoms with Gasteiger partial charge in [-0.15, -0.1) is 0 Å². The number of methoxy groups -OCH3 is 1. The smallest absolute Gasteiger partial charge is 0.167 e. The van der Waals surface area contributed by atoms with Gasteiger partial charge in [0.2, 0.25) is 0 Å². The molecule has 0 aromatic heterocycles. The molecule has 0 spiro atoms. The maximum Gasteiger partial charge on any atom is 0.167 e. The normalized spacial score (nSPS) is 14.8. The lowest BCUT2D eigenvalue weighted by atomic mass is 10.1. The summed E-state index contributed by atoms with van der Waals surface area (Å²) >= 11 is 9.73. The summed E-state index contributed by atoms with van der Waals surface area (Å²) in [4.78, 5) is 2.41. The van der Waals surface area contributed by atoms with Crippen molar-refractivity contribution in [1.82, 2.24) is 10.2 Å². The Bertz CT molecular complexity index is 769. The highest BCUT2D eigenvalue weighted by molar-refractivity contribution is 9.10. The molecule has 0 amide bonds. The van der Waals surface area contributed by atoms with E-state index in [4.69, 9.17) is 25.8 Å². The van der Waals surface area contributed by atoms with E-state index in [9.17, 15) is 0 Å². The van der Waals surface area contributed by atoms with Crippen LogP contribution in [0.15, 0.2) is 40.9 Å². The molecule has 0 atom stereocenters. The zero-order chi connectivity index (χ0) is 19.8. The van der Waals surface area contributed by atoms with Crippen molar-refractivity contribution in [2.45, 2.75) is 13.2 Å². The van der Waals surface area contributed by atoms with Crippen molar-refractivity contribution in [2.75, 3.05) is 46.5 Å². The summed E-state index contributed by atoms with van der Waals surface area (Å²) in [5, 5.41) is 4.22. The molecule has 0 unspecified atom stereocenters. The van der Waals surface area contributed by atoms with Gasteiger partial charge in [0.1, 0.15) is 6.61 Å². The van der Waals surface area contributed by atoms with Gasteiger partial charge in [-0.25, -0.2) is 0 Å². The molecule has 152 valence electrons. The molecule has 0 saturated carbocycles. The third-order valence-corrected chi connectivity index (χ3v) is 5.65. The molecule has 1 saturated heterocycles. The first-order valence-corrected chi connectivity index (χ1v) is 10.6. The fourth-order valence-corrected chi connectivity index (χ4v) is 3.79. The second-order valence-electron chi connectivity index (χ2n) is 6.61. The van der Waals surface area contributed by atoms with E-state index in [1.807, 2.05) is 36.4 Å². The van der Waals surface area contributed by atoms with Gasteiger partial charge in [-0.3, -0.25) is 4.90 Å². The van der Waals surface area contributed by atoms with Crippen LogP contribution in [0.3, 0.4) is 0 Å². The van der Waals surface area contributed by atoms with E-state index in [-0.39, 0.29) is 0 Å². The molecule has 0 bridgehead atoms. The molecule has 1 aliphatic heterocycles. The molecule has 5 nitrogen and oxygen atoms in total. The summed E-state index contributed by atoms with van der Waals surface area (Å²) in [6, 6.07) is 11.6. The van der Waals surface area contributed by atoms with Gasteiger partial charge >= 0.3 is 0 Å². The first-order valence-electron chi connectivity index (χ1n) is 9.41. The fraction of sp³-hybridized carbons (Fsp3) is 0.429. The first kappa shape index (κ1) is 21.4. The van der Waals surface area contributed by atoms with Crippen LogP contribution in [-0.4, -0.2) is 51.4 Å². The Labute approximate surface area is 180 Å². The number of benzene rings is 2. The van der Waals surface area contributed by atoms with Crippen molar-refractivity contribution < 1.29 is 14.2 Å². The minimum atomic E-state index is 0.425. The van der Waals surface area contributed by atoms with Crippen molar-refractivity contribution in [3.63, 3.8) is 0 Å². The largest absolute Gasteiger partial charge is 0.493 e. The number of morpholine rings is 1. The number of nitrogens with zero attached hydrogens (tertiary/aromatic N) is 1. The van der Waals surface area contributed by atoms with Crippen LogP contribution in [0.1, 0.15) is 11.1 Å². The van der Waals surface area contributed by atoms with E-state index in [1.54, 1.807) is 7.11 Å². The standard InChI is InChI=1S/C21H26BrClN2O3/c1-26-20-6-5-19(22)18(14-24-7-8-25-9-11-27-12-10-25)21(20)28-15-16-3-2-4-17(23)13-16/h2-6,13,24H,7-12,14-15H2,1H3. The van der Waals surface area contributed by atoms with Crippen LogP contribution in [0.2, 0.25) is 5.02 Å². The van der Waals surface area contributed by atoms with Gasteiger partial charge < -0.3 is 19.5 Å². The molecular weight excluding hydrogens is 444 g/mol. The van der Waals surface area contributed by atoms with E-state index in [0.29, 0.717) is 18.2 Å². The molecule has 3 rings (SSSR count). The van der Waals surface area contributed by atoms with Crippen LogP contribution < -0.4 is 14.8 Å². The van der Waals surface area contributed by atoms with E-state index >= 15 is 0 Å². The number of hydrogen-bond donors (Lipinski definition) is 1. The van der Waals surface area contributed by atoms with Crippen molar-refractivity contribution in [3.8, 4) is 11.5 Å². The zero-order valence-electron chi connectivity index (χ0n) is 16.0. The molecule has 7 heteroatoms. The fourth-order valence-electron chi connectivity index (χ4n) is 3.12. The highest BCUT2D eigenvalue weighted by Crippen LogP contribution is 2.36. The van der Waals surface area contributed by atoms with E-state index in [0.717, 1.165) is 66.5 Å². The van der Waals surface area contributed by atoms with Crippen LogP contribution in [0.4, 0.5) is 0 Å². The van der Waals surface area contributed by atoms with Gasteiger partial charge in [-0.05, 0) is 29.8 Å². The molecule has 1 aliphatic rings. The number of ether oxygens (including phenoxy) is 3. The summed E-state index contributed by atoms with van der Waals surface area (Å²) in [5.74, 6) is 1.46. The van der Waals surface area contributed by atoms with Crippen molar-refractivity contribution in [1.29, 1.82) is 0 Å². The Hall–Kier alpha value is -1.31. The Morgan fingerprint density at radius 3 is 2.79 bits per heavy atom. The molecule has 28 heavy (non-hydrogen) atoms. The second kappa shape index (κ2) is 11.0. The maximum absolute atomic E-state index is 6.15. The Morgan fingerprint density at radius 1 is 1.21 bits per heavy atom. The van der Waals surface area contributed by atoms with Gasteiger partial charge in [0.05, 0.1) is 20.3 Å². The average molecular weight is 470 g/mol. The van der Waals surface area contributed by atoms with Crippen molar-refractivity contribution in [2.24, 2.45) is 0 Å². The monoisotopic (exact) mass is 468 g/mol. The third kappa shape index (κ3) is 6.09. The van der Waals surface area contributed by atoms with Gasteiger partial charge in [-0.1, -0.05) is 39.7 Å². The lowest BCUT2D eigenvalue weighted by molar-refractivity contribution is 0.0384. The number of nitrogens with one attached hydrogen (secondary N) is 1. The predicted molar refractivity (Wildman–Crippen MR) is 115 cm³/mol. The van der Waals surface area contributed by atoms with E-state index in [2.05, 4.69) is 26.1 Å². The molecule has 1 N–H and O–H groups in total. The lowest BCUT2D eigenvalue weighted by Gasteiger charge is -2.26. The minimum absolute atomic E-state index is 0.425. The Balaban J connectivity index is 1.63. The van der Waals surface area contributed by atoms with Crippen molar-refractivity contribution >= 4 is 27.5 Å². The molecule has 2 aromatic rings. The summed E-state index contributed by atoms with van der Waals surface area (Å²) < 4.78 is 18.1. The first-order chi connectivity index (χ1) is 13.7. The number of halogens is 2. The number of hydrogen-bond acceptors (Lipinski definition) is 5.